The molecule has 1 aromatic carbocycles. The van der Waals surface area contributed by atoms with E-state index in [9.17, 15) is 5.11 Å². The molecule has 0 aliphatic heterocycles. The molecular formula is C24H27N2OS2+. The molecule has 3 rings (SSSR count). The number of aryl methyl sites for hydroxylation is 2. The van der Waals surface area contributed by atoms with Gasteiger partial charge in [0.1, 0.15) is 0 Å². The van der Waals surface area contributed by atoms with Crippen LogP contribution in [-0.2, 0) is 5.41 Å². The summed E-state index contributed by atoms with van der Waals surface area (Å²) in [6.07, 6.45) is 3.91. The monoisotopic (exact) mass is 423 g/mol. The fourth-order valence-electron chi connectivity index (χ4n) is 3.19. The summed E-state index contributed by atoms with van der Waals surface area (Å²) in [6, 6.07) is 14.2. The van der Waals surface area contributed by atoms with Crippen LogP contribution in [0.25, 0.3) is 11.5 Å². The summed E-state index contributed by atoms with van der Waals surface area (Å²) in [5.41, 5.74) is 5.06. The van der Waals surface area contributed by atoms with E-state index in [2.05, 4.69) is 58.1 Å². The Hall–Kier alpha value is -2.50. The van der Waals surface area contributed by atoms with Crippen molar-refractivity contribution in [1.29, 1.82) is 0 Å². The molecule has 0 atom stereocenters. The summed E-state index contributed by atoms with van der Waals surface area (Å²) >= 11 is 7.22. The molecule has 2 aromatic heterocycles. The highest BCUT2D eigenvalue weighted by atomic mass is 32.1. The molecule has 0 aliphatic carbocycles. The molecular weight excluding hydrogens is 396 g/mol. The lowest BCUT2D eigenvalue weighted by atomic mass is 9.88. The highest BCUT2D eigenvalue weighted by Gasteiger charge is 2.25. The Morgan fingerprint density at radius 2 is 1.66 bits per heavy atom. The Labute approximate surface area is 182 Å². The van der Waals surface area contributed by atoms with Gasteiger partial charge >= 0.3 is 0 Å². The minimum absolute atomic E-state index is 0.0522. The Morgan fingerprint density at radius 1 is 1.03 bits per heavy atom. The van der Waals surface area contributed by atoms with E-state index >= 15 is 0 Å². The van der Waals surface area contributed by atoms with Crippen molar-refractivity contribution in [2.24, 2.45) is 0 Å². The van der Waals surface area contributed by atoms with Crippen molar-refractivity contribution in [3.8, 4) is 0 Å². The molecule has 29 heavy (non-hydrogen) atoms. The van der Waals surface area contributed by atoms with Gasteiger partial charge in [-0.25, -0.2) is 0 Å². The number of hydrogen-bond acceptors (Lipinski definition) is 3. The minimum atomic E-state index is 0.0522. The van der Waals surface area contributed by atoms with Crippen LogP contribution in [0.1, 0.15) is 42.3 Å². The van der Waals surface area contributed by atoms with Crippen LogP contribution in [-0.4, -0.2) is 10.1 Å². The van der Waals surface area contributed by atoms with E-state index in [4.69, 9.17) is 12.2 Å². The van der Waals surface area contributed by atoms with Crippen LogP contribution in [0.2, 0.25) is 0 Å². The van der Waals surface area contributed by atoms with Gasteiger partial charge in [0.25, 0.3) is 5.70 Å². The smallest absolute Gasteiger partial charge is 0.289 e. The second kappa shape index (κ2) is 8.47. The Kier molecular flexibility index (Phi) is 6.20. The van der Waals surface area contributed by atoms with E-state index in [-0.39, 0.29) is 11.2 Å². The average Bonchev–Trinajstić information content (AvgIpc) is 3.15. The highest BCUT2D eigenvalue weighted by Crippen LogP contribution is 2.25. The Bertz CT molecular complexity index is 1020. The summed E-state index contributed by atoms with van der Waals surface area (Å²) in [5.74, 6) is 0.162. The number of hydrogen-bond donors (Lipinski definition) is 2. The van der Waals surface area contributed by atoms with Crippen LogP contribution in [0.3, 0.4) is 0 Å². The van der Waals surface area contributed by atoms with Crippen LogP contribution in [0.15, 0.2) is 60.2 Å². The average molecular weight is 424 g/mol. The van der Waals surface area contributed by atoms with Crippen molar-refractivity contribution in [3.05, 3.63) is 81.8 Å². The fourth-order valence-corrected chi connectivity index (χ4v) is 4.18. The topological polar surface area (TPSA) is 36.1 Å². The number of rotatable bonds is 4. The zero-order valence-electron chi connectivity index (χ0n) is 17.5. The highest BCUT2D eigenvalue weighted by molar-refractivity contribution is 7.81. The number of aliphatic hydroxyl groups is 1. The van der Waals surface area contributed by atoms with E-state index in [0.717, 1.165) is 21.7 Å². The lowest BCUT2D eigenvalue weighted by Gasteiger charge is -2.18. The molecule has 0 amide bonds. The predicted octanol–water partition coefficient (Wildman–Crippen LogP) is 6.27. The maximum Gasteiger partial charge on any atom is 0.289 e. The number of thiophene rings is 1. The SMILES string of the molecule is Cc1cc(C)cc(NC(=S)C(=C(O)c2cccs2)[n+]2ccc(C(C)(C)C)cc2)c1. The van der Waals surface area contributed by atoms with Gasteiger partial charge in [-0.3, -0.25) is 0 Å². The zero-order valence-corrected chi connectivity index (χ0v) is 19.1. The molecule has 2 N–H and O–H groups in total. The maximum absolute atomic E-state index is 11.1. The number of pyridine rings is 1. The molecule has 0 radical (unpaired) electrons. The second-order valence-corrected chi connectivity index (χ2v) is 9.61. The molecule has 5 heteroatoms. The molecule has 0 aliphatic rings. The van der Waals surface area contributed by atoms with Crippen molar-refractivity contribution in [3.63, 3.8) is 0 Å². The van der Waals surface area contributed by atoms with Crippen molar-refractivity contribution >= 4 is 45.7 Å². The third kappa shape index (κ3) is 5.11. The first-order valence-electron chi connectivity index (χ1n) is 9.54. The van der Waals surface area contributed by atoms with Crippen LogP contribution in [0, 0.1) is 13.8 Å². The van der Waals surface area contributed by atoms with Crippen LogP contribution >= 0.6 is 23.6 Å². The predicted molar refractivity (Wildman–Crippen MR) is 128 cm³/mol. The number of benzene rings is 1. The molecule has 2 heterocycles. The van der Waals surface area contributed by atoms with Crippen LogP contribution < -0.4 is 9.88 Å². The first kappa shape index (κ1) is 21.2. The minimum Gasteiger partial charge on any atom is -0.501 e. The van der Waals surface area contributed by atoms with Crippen molar-refractivity contribution in [1.82, 2.24) is 0 Å². The number of aliphatic hydroxyl groups excluding tert-OH is 1. The third-order valence-corrected chi connectivity index (χ3v) is 5.80. The zero-order chi connectivity index (χ0) is 21.2. The van der Waals surface area contributed by atoms with Gasteiger partial charge in [-0.2, -0.15) is 4.57 Å². The largest absolute Gasteiger partial charge is 0.501 e. The lowest BCUT2D eigenvalue weighted by molar-refractivity contribution is -0.575. The first-order valence-corrected chi connectivity index (χ1v) is 10.8. The van der Waals surface area contributed by atoms with Gasteiger partial charge in [0.05, 0.1) is 4.88 Å². The molecule has 3 aromatic rings. The summed E-state index contributed by atoms with van der Waals surface area (Å²) in [7, 11) is 0. The summed E-state index contributed by atoms with van der Waals surface area (Å²) < 4.78 is 1.88. The van der Waals surface area contributed by atoms with E-state index < -0.39 is 0 Å². The van der Waals surface area contributed by atoms with Gasteiger partial charge in [-0.15, -0.1) is 11.3 Å². The molecule has 0 saturated heterocycles. The van der Waals surface area contributed by atoms with Crippen molar-refractivity contribution in [2.75, 3.05) is 5.32 Å². The molecule has 0 saturated carbocycles. The van der Waals surface area contributed by atoms with Gasteiger partial charge in [0, 0.05) is 17.8 Å². The third-order valence-electron chi connectivity index (χ3n) is 4.63. The number of thiocarbonyl (C=S) groups is 1. The van der Waals surface area contributed by atoms with E-state index in [1.54, 1.807) is 0 Å². The number of nitrogens with one attached hydrogen (secondary N) is 1. The quantitative estimate of drug-likeness (QED) is 0.225. The summed E-state index contributed by atoms with van der Waals surface area (Å²) in [5, 5.41) is 16.3. The van der Waals surface area contributed by atoms with Gasteiger partial charge < -0.3 is 10.4 Å². The molecule has 0 spiro atoms. The van der Waals surface area contributed by atoms with Crippen LogP contribution in [0.5, 0.6) is 0 Å². The molecule has 0 fully saturated rings. The molecule has 0 unspecified atom stereocenters. The summed E-state index contributed by atoms with van der Waals surface area (Å²) in [4.78, 5) is 1.24. The van der Waals surface area contributed by atoms with Crippen molar-refractivity contribution in [2.45, 2.75) is 40.0 Å². The first-order chi connectivity index (χ1) is 13.6. The van der Waals surface area contributed by atoms with Gasteiger partial charge in [0.2, 0.25) is 5.76 Å². The Morgan fingerprint density at radius 3 is 2.17 bits per heavy atom. The molecule has 150 valence electrons. The van der Waals surface area contributed by atoms with E-state index in [1.807, 2.05) is 46.6 Å². The molecule has 3 nitrogen and oxygen atoms in total. The summed E-state index contributed by atoms with van der Waals surface area (Å²) in [6.45, 7) is 10.7. The standard InChI is InChI=1S/C24H26N2OS2/c1-16-13-17(2)15-19(14-16)25-23(28)21(22(27)20-7-6-12-29-20)26-10-8-18(9-11-26)24(3,4)5/h6-15H,1-5H3,(H-,25,27,28)/p+1. The van der Waals surface area contributed by atoms with Gasteiger partial charge in [-0.05, 0) is 59.5 Å². The van der Waals surface area contributed by atoms with E-state index in [1.165, 1.54) is 16.9 Å². The Balaban J connectivity index is 2.04. The number of nitrogens with zero attached hydrogens (tertiary/aromatic N) is 1. The molecule has 0 bridgehead atoms. The second-order valence-electron chi connectivity index (χ2n) is 8.25. The number of aromatic nitrogens is 1. The maximum atomic E-state index is 11.1. The van der Waals surface area contributed by atoms with Crippen molar-refractivity contribution < 1.29 is 9.67 Å². The van der Waals surface area contributed by atoms with Gasteiger partial charge in [-0.1, -0.05) is 45.1 Å². The fraction of sp³-hybridized carbons (Fsp3) is 0.250. The van der Waals surface area contributed by atoms with E-state index in [0.29, 0.717) is 10.7 Å². The normalized spacial score (nSPS) is 12.4. The number of anilines is 1. The van der Waals surface area contributed by atoms with Crippen LogP contribution in [0.4, 0.5) is 5.69 Å². The van der Waals surface area contributed by atoms with Gasteiger partial charge in [0.15, 0.2) is 17.4 Å². The lowest BCUT2D eigenvalue weighted by Crippen LogP contribution is -2.38.